The van der Waals surface area contributed by atoms with Gasteiger partial charge in [0.05, 0.1) is 13.0 Å². The summed E-state index contributed by atoms with van der Waals surface area (Å²) in [5.41, 5.74) is 3.24. The van der Waals surface area contributed by atoms with Crippen molar-refractivity contribution in [2.24, 2.45) is 0 Å². The zero-order valence-electron chi connectivity index (χ0n) is 12.6. The molecule has 2 rings (SSSR count). The molecule has 0 aromatic heterocycles. The summed E-state index contributed by atoms with van der Waals surface area (Å²) in [6.45, 7) is 3.88. The van der Waals surface area contributed by atoms with Crippen molar-refractivity contribution in [2.45, 2.75) is 26.5 Å². The molecule has 0 radical (unpaired) electrons. The summed E-state index contributed by atoms with van der Waals surface area (Å²) < 4.78 is 6.38. The Morgan fingerprint density at radius 3 is 2.23 bits per heavy atom. The number of benzene rings is 2. The SMILES string of the molecule is CCOCc1ccc(CNC(=O)Cc2ccc(Br)cc2)cc1. The largest absolute Gasteiger partial charge is 0.377 e. The Morgan fingerprint density at radius 1 is 1.00 bits per heavy atom. The third-order valence-electron chi connectivity index (χ3n) is 3.26. The number of amides is 1. The van der Waals surface area contributed by atoms with Gasteiger partial charge in [-0.2, -0.15) is 0 Å². The lowest BCUT2D eigenvalue weighted by atomic mass is 10.1. The average molecular weight is 362 g/mol. The predicted molar refractivity (Wildman–Crippen MR) is 91.5 cm³/mol. The van der Waals surface area contributed by atoms with Gasteiger partial charge in [0, 0.05) is 17.6 Å². The van der Waals surface area contributed by atoms with Gasteiger partial charge in [-0.25, -0.2) is 0 Å². The first-order valence-corrected chi connectivity index (χ1v) is 8.13. The second-order valence-corrected chi connectivity index (χ2v) is 5.95. The van der Waals surface area contributed by atoms with Crippen molar-refractivity contribution in [1.29, 1.82) is 0 Å². The number of rotatable bonds is 7. The normalized spacial score (nSPS) is 10.5. The molecule has 0 atom stereocenters. The highest BCUT2D eigenvalue weighted by molar-refractivity contribution is 9.10. The first-order chi connectivity index (χ1) is 10.7. The summed E-state index contributed by atoms with van der Waals surface area (Å²) in [7, 11) is 0. The standard InChI is InChI=1S/C18H20BrNO2/c1-2-22-13-16-5-3-15(4-6-16)12-20-18(21)11-14-7-9-17(19)10-8-14/h3-10H,2,11-13H2,1H3,(H,20,21). The number of ether oxygens (including phenoxy) is 1. The molecule has 0 aliphatic carbocycles. The fourth-order valence-corrected chi connectivity index (χ4v) is 2.29. The third-order valence-corrected chi connectivity index (χ3v) is 3.79. The zero-order chi connectivity index (χ0) is 15.8. The van der Waals surface area contributed by atoms with E-state index in [1.54, 1.807) is 0 Å². The highest BCUT2D eigenvalue weighted by Crippen LogP contribution is 2.11. The first-order valence-electron chi connectivity index (χ1n) is 7.34. The molecule has 0 aliphatic rings. The summed E-state index contributed by atoms with van der Waals surface area (Å²) in [4.78, 5) is 11.9. The number of nitrogens with one attached hydrogen (secondary N) is 1. The molecular formula is C18H20BrNO2. The van der Waals surface area contributed by atoms with Gasteiger partial charge >= 0.3 is 0 Å². The van der Waals surface area contributed by atoms with Crippen LogP contribution in [-0.4, -0.2) is 12.5 Å². The predicted octanol–water partition coefficient (Wildman–Crippen LogP) is 3.84. The Morgan fingerprint density at radius 2 is 1.59 bits per heavy atom. The van der Waals surface area contributed by atoms with Gasteiger partial charge in [0.25, 0.3) is 0 Å². The smallest absolute Gasteiger partial charge is 0.224 e. The molecule has 0 saturated heterocycles. The molecule has 0 heterocycles. The average Bonchev–Trinajstić information content (AvgIpc) is 2.54. The number of halogens is 1. The van der Waals surface area contributed by atoms with Gasteiger partial charge < -0.3 is 10.1 Å². The molecule has 0 saturated carbocycles. The second-order valence-electron chi connectivity index (χ2n) is 5.03. The Balaban J connectivity index is 1.79. The molecular weight excluding hydrogens is 342 g/mol. The van der Waals surface area contributed by atoms with Crippen LogP contribution < -0.4 is 5.32 Å². The monoisotopic (exact) mass is 361 g/mol. The lowest BCUT2D eigenvalue weighted by molar-refractivity contribution is -0.120. The summed E-state index contributed by atoms with van der Waals surface area (Å²) in [6, 6.07) is 15.9. The van der Waals surface area contributed by atoms with E-state index in [-0.39, 0.29) is 5.91 Å². The lowest BCUT2D eigenvalue weighted by Gasteiger charge is -2.07. The minimum atomic E-state index is 0.0284. The van der Waals surface area contributed by atoms with E-state index in [1.165, 1.54) is 0 Å². The molecule has 3 nitrogen and oxygen atoms in total. The van der Waals surface area contributed by atoms with Crippen molar-refractivity contribution >= 4 is 21.8 Å². The van der Waals surface area contributed by atoms with Crippen molar-refractivity contribution in [1.82, 2.24) is 5.32 Å². The van der Waals surface area contributed by atoms with Crippen LogP contribution in [0.2, 0.25) is 0 Å². The maximum Gasteiger partial charge on any atom is 0.224 e. The van der Waals surface area contributed by atoms with E-state index in [4.69, 9.17) is 4.74 Å². The molecule has 2 aromatic carbocycles. The van der Waals surface area contributed by atoms with E-state index in [9.17, 15) is 4.79 Å². The minimum absolute atomic E-state index is 0.0284. The van der Waals surface area contributed by atoms with Crippen molar-refractivity contribution in [2.75, 3.05) is 6.61 Å². The Hall–Kier alpha value is -1.65. The van der Waals surface area contributed by atoms with Crippen LogP contribution in [-0.2, 0) is 29.1 Å². The summed E-state index contributed by atoms with van der Waals surface area (Å²) in [5, 5.41) is 2.94. The zero-order valence-corrected chi connectivity index (χ0v) is 14.2. The van der Waals surface area contributed by atoms with E-state index >= 15 is 0 Å². The third kappa shape index (κ3) is 5.62. The number of carbonyl (C=O) groups excluding carboxylic acids is 1. The fourth-order valence-electron chi connectivity index (χ4n) is 2.02. The molecule has 4 heteroatoms. The van der Waals surface area contributed by atoms with Crippen LogP contribution >= 0.6 is 15.9 Å². The van der Waals surface area contributed by atoms with Crippen LogP contribution in [0.1, 0.15) is 23.6 Å². The molecule has 0 aliphatic heterocycles. The molecule has 2 aromatic rings. The molecule has 0 bridgehead atoms. The van der Waals surface area contributed by atoms with E-state index in [0.717, 1.165) is 21.2 Å². The maximum absolute atomic E-state index is 11.9. The highest BCUT2D eigenvalue weighted by Gasteiger charge is 2.03. The van der Waals surface area contributed by atoms with Crippen molar-refractivity contribution in [3.05, 3.63) is 69.7 Å². The van der Waals surface area contributed by atoms with Crippen molar-refractivity contribution < 1.29 is 9.53 Å². The maximum atomic E-state index is 11.9. The Kier molecular flexibility index (Phi) is 6.62. The molecule has 0 unspecified atom stereocenters. The molecule has 116 valence electrons. The summed E-state index contributed by atoms with van der Waals surface area (Å²) in [5.74, 6) is 0.0284. The fraction of sp³-hybridized carbons (Fsp3) is 0.278. The first kappa shape index (κ1) is 16.7. The molecule has 22 heavy (non-hydrogen) atoms. The van der Waals surface area contributed by atoms with Crippen LogP contribution in [0.5, 0.6) is 0 Å². The Bertz CT molecular complexity index is 593. The van der Waals surface area contributed by atoms with Crippen LogP contribution in [0.4, 0.5) is 0 Å². The Labute approximate surface area is 139 Å². The van der Waals surface area contributed by atoms with E-state index < -0.39 is 0 Å². The van der Waals surface area contributed by atoms with Gasteiger partial charge in [0.1, 0.15) is 0 Å². The van der Waals surface area contributed by atoms with Crippen LogP contribution in [0.25, 0.3) is 0 Å². The van der Waals surface area contributed by atoms with Crippen molar-refractivity contribution in [3.8, 4) is 0 Å². The van der Waals surface area contributed by atoms with Crippen LogP contribution in [0, 0.1) is 0 Å². The minimum Gasteiger partial charge on any atom is -0.377 e. The van der Waals surface area contributed by atoms with E-state index in [2.05, 4.69) is 21.2 Å². The number of hydrogen-bond acceptors (Lipinski definition) is 2. The summed E-state index contributed by atoms with van der Waals surface area (Å²) >= 11 is 3.38. The lowest BCUT2D eigenvalue weighted by Crippen LogP contribution is -2.24. The second kappa shape index (κ2) is 8.71. The number of carbonyl (C=O) groups is 1. The van der Waals surface area contributed by atoms with E-state index in [0.29, 0.717) is 26.2 Å². The molecule has 0 spiro atoms. The quantitative estimate of drug-likeness (QED) is 0.813. The van der Waals surface area contributed by atoms with E-state index in [1.807, 2.05) is 55.5 Å². The molecule has 0 fully saturated rings. The molecule has 1 N–H and O–H groups in total. The van der Waals surface area contributed by atoms with Gasteiger partial charge in [0.15, 0.2) is 0 Å². The summed E-state index contributed by atoms with van der Waals surface area (Å²) in [6.07, 6.45) is 0.399. The van der Waals surface area contributed by atoms with Crippen LogP contribution in [0.15, 0.2) is 53.0 Å². The van der Waals surface area contributed by atoms with Gasteiger partial charge in [-0.1, -0.05) is 52.3 Å². The van der Waals surface area contributed by atoms with Gasteiger partial charge in [0.2, 0.25) is 5.91 Å². The highest BCUT2D eigenvalue weighted by atomic mass is 79.9. The van der Waals surface area contributed by atoms with Gasteiger partial charge in [-0.15, -0.1) is 0 Å². The molecule has 1 amide bonds. The topological polar surface area (TPSA) is 38.3 Å². The van der Waals surface area contributed by atoms with Crippen LogP contribution in [0.3, 0.4) is 0 Å². The number of hydrogen-bond donors (Lipinski definition) is 1. The van der Waals surface area contributed by atoms with Crippen molar-refractivity contribution in [3.63, 3.8) is 0 Å². The van der Waals surface area contributed by atoms with Gasteiger partial charge in [-0.05, 0) is 35.7 Å². The van der Waals surface area contributed by atoms with Gasteiger partial charge in [-0.3, -0.25) is 4.79 Å².